The van der Waals surface area contributed by atoms with Crippen LogP contribution in [0.15, 0.2) is 0 Å². The number of aliphatic carboxylic acids is 2. The molecule has 0 bridgehead atoms. The molecule has 0 unspecified atom stereocenters. The summed E-state index contributed by atoms with van der Waals surface area (Å²) in [5.41, 5.74) is 0. The highest BCUT2D eigenvalue weighted by atomic mass is 16.5. The smallest absolute Gasteiger partial charge is 0.326 e. The van der Waals surface area contributed by atoms with Gasteiger partial charge in [-0.05, 0) is 38.0 Å². The second-order valence-corrected chi connectivity index (χ2v) is 9.01. The van der Waals surface area contributed by atoms with Crippen LogP contribution in [0.5, 0.6) is 0 Å². The van der Waals surface area contributed by atoms with Crippen LogP contribution in [-0.2, 0) is 33.4 Å². The Morgan fingerprint density at radius 2 is 1.50 bits per heavy atom. The van der Waals surface area contributed by atoms with E-state index in [1.54, 1.807) is 0 Å². The van der Waals surface area contributed by atoms with Gasteiger partial charge in [-0.1, -0.05) is 12.8 Å². The number of hydrogen-bond acceptors (Lipinski definition) is 7. The predicted molar refractivity (Wildman–Crippen MR) is 119 cm³/mol. The van der Waals surface area contributed by atoms with Gasteiger partial charge in [-0.2, -0.15) is 0 Å². The van der Waals surface area contributed by atoms with Crippen LogP contribution in [0, 0.1) is 17.8 Å². The van der Waals surface area contributed by atoms with Crippen molar-refractivity contribution in [1.82, 2.24) is 10.6 Å². The van der Waals surface area contributed by atoms with E-state index in [4.69, 9.17) is 9.47 Å². The molecule has 192 valence electrons. The Bertz CT molecular complexity index is 719. The molecule has 2 amide bonds. The van der Waals surface area contributed by atoms with Crippen molar-refractivity contribution in [3.8, 4) is 0 Å². The molecule has 34 heavy (non-hydrogen) atoms. The quantitative estimate of drug-likeness (QED) is 0.182. The van der Waals surface area contributed by atoms with Crippen molar-refractivity contribution >= 4 is 29.5 Å². The highest BCUT2D eigenvalue weighted by Crippen LogP contribution is 2.36. The molecule has 2 aliphatic carbocycles. The number of carbonyl (C=O) groups is 5. The Morgan fingerprint density at radius 1 is 0.824 bits per heavy atom. The van der Waals surface area contributed by atoms with Gasteiger partial charge in [-0.3, -0.25) is 19.2 Å². The minimum Gasteiger partial charge on any atom is -0.481 e. The zero-order valence-electron chi connectivity index (χ0n) is 19.5. The number of Topliss-reactive ketones (excluding diaryl/α,β-unsaturated/α-hetero) is 1. The summed E-state index contributed by atoms with van der Waals surface area (Å²) in [5.74, 6) is -2.99. The van der Waals surface area contributed by atoms with E-state index < -0.39 is 29.8 Å². The largest absolute Gasteiger partial charge is 0.481 e. The van der Waals surface area contributed by atoms with Gasteiger partial charge in [0.05, 0.1) is 25.7 Å². The van der Waals surface area contributed by atoms with Gasteiger partial charge >= 0.3 is 11.9 Å². The van der Waals surface area contributed by atoms with E-state index >= 15 is 0 Å². The summed E-state index contributed by atoms with van der Waals surface area (Å²) in [4.78, 5) is 58.2. The van der Waals surface area contributed by atoms with Crippen molar-refractivity contribution < 1.29 is 43.7 Å². The molecule has 11 heteroatoms. The van der Waals surface area contributed by atoms with Gasteiger partial charge in [-0.15, -0.1) is 0 Å². The number of ketones is 1. The number of nitrogens with one attached hydrogen (secondary N) is 2. The maximum atomic E-state index is 12.1. The van der Waals surface area contributed by atoms with Gasteiger partial charge in [0.15, 0.2) is 5.78 Å². The third-order valence-electron chi connectivity index (χ3n) is 5.89. The second-order valence-electron chi connectivity index (χ2n) is 9.01. The monoisotopic (exact) mass is 484 g/mol. The van der Waals surface area contributed by atoms with Crippen molar-refractivity contribution in [2.45, 2.75) is 63.8 Å². The zero-order chi connectivity index (χ0) is 24.9. The summed E-state index contributed by atoms with van der Waals surface area (Å²) < 4.78 is 10.5. The average Bonchev–Trinajstić information content (AvgIpc) is 3.69. The first-order chi connectivity index (χ1) is 16.3. The van der Waals surface area contributed by atoms with E-state index in [0.29, 0.717) is 25.6 Å². The first-order valence-corrected chi connectivity index (χ1v) is 12.0. The molecule has 2 saturated carbocycles. The van der Waals surface area contributed by atoms with E-state index in [1.165, 1.54) is 0 Å². The number of hydrogen-bond donors (Lipinski definition) is 4. The van der Waals surface area contributed by atoms with Crippen molar-refractivity contribution in [2.24, 2.45) is 17.8 Å². The molecular weight excluding hydrogens is 448 g/mol. The van der Waals surface area contributed by atoms with Gasteiger partial charge in [0.1, 0.15) is 12.6 Å². The molecule has 0 aromatic rings. The summed E-state index contributed by atoms with van der Waals surface area (Å²) in [6, 6.07) is -1.23. The molecular formula is C23H36N2O9. The summed E-state index contributed by atoms with van der Waals surface area (Å²) in [6.45, 7) is 1.18. The summed E-state index contributed by atoms with van der Waals surface area (Å²) >= 11 is 0. The Balaban J connectivity index is 1.52. The fraction of sp³-hybridized carbons (Fsp3) is 0.783. The van der Waals surface area contributed by atoms with E-state index in [1.807, 2.05) is 0 Å². The molecule has 0 aromatic carbocycles. The number of ether oxygens (including phenoxy) is 2. The van der Waals surface area contributed by atoms with Crippen LogP contribution in [0.4, 0.5) is 0 Å². The maximum absolute atomic E-state index is 12.1. The first kappa shape index (κ1) is 27.7. The molecule has 0 saturated heterocycles. The van der Waals surface area contributed by atoms with E-state index in [0.717, 1.165) is 25.7 Å². The zero-order valence-corrected chi connectivity index (χ0v) is 19.5. The van der Waals surface area contributed by atoms with Gasteiger partial charge in [0.2, 0.25) is 11.8 Å². The summed E-state index contributed by atoms with van der Waals surface area (Å²) in [6.07, 6.45) is 4.38. The number of amides is 2. The van der Waals surface area contributed by atoms with Gasteiger partial charge in [0, 0.05) is 25.3 Å². The number of rotatable bonds is 20. The highest BCUT2D eigenvalue weighted by Gasteiger charge is 2.30. The van der Waals surface area contributed by atoms with Crippen LogP contribution in [0.3, 0.4) is 0 Å². The van der Waals surface area contributed by atoms with Crippen LogP contribution in [0.1, 0.15) is 57.8 Å². The standard InChI is InChI=1S/C23H36N2O9/c26-19(16-3-4-16)14-34-12-11-33-10-9-24-20(27)8-6-18(23(31)32)25-21(28)7-5-17(22(29)30)13-15-1-2-15/h15-18H,1-14H2,(H,24,27)(H,25,28)(H,29,30)(H,31,32)/t17-,18+/m0/s1. The minimum atomic E-state index is -1.25. The average molecular weight is 485 g/mol. The molecule has 2 fully saturated rings. The molecule has 2 aliphatic rings. The van der Waals surface area contributed by atoms with Crippen LogP contribution >= 0.6 is 0 Å². The number of carboxylic acids is 2. The lowest BCUT2D eigenvalue weighted by atomic mass is 9.96. The Kier molecular flexibility index (Phi) is 12.0. The lowest BCUT2D eigenvalue weighted by Gasteiger charge is -2.16. The highest BCUT2D eigenvalue weighted by molar-refractivity contribution is 5.85. The predicted octanol–water partition coefficient (Wildman–Crippen LogP) is 0.746. The van der Waals surface area contributed by atoms with Crippen LogP contribution in [-0.4, -0.2) is 78.8 Å². The molecule has 2 atom stereocenters. The van der Waals surface area contributed by atoms with Crippen molar-refractivity contribution in [2.75, 3.05) is 33.0 Å². The lowest BCUT2D eigenvalue weighted by Crippen LogP contribution is -2.42. The van der Waals surface area contributed by atoms with E-state index in [2.05, 4.69) is 10.6 Å². The number of carbonyl (C=O) groups excluding carboxylic acids is 3. The fourth-order valence-corrected chi connectivity index (χ4v) is 3.47. The maximum Gasteiger partial charge on any atom is 0.326 e. The third kappa shape index (κ3) is 12.1. The minimum absolute atomic E-state index is 0.0740. The molecule has 0 aliphatic heterocycles. The SMILES string of the molecule is O=C(CC[C@@H](NC(=O)CC[C@@H](CC1CC1)C(=O)O)C(=O)O)NCCOCCOCC(=O)C1CC1. The Labute approximate surface area is 198 Å². The second kappa shape index (κ2) is 14.7. The fourth-order valence-electron chi connectivity index (χ4n) is 3.47. The summed E-state index contributed by atoms with van der Waals surface area (Å²) in [5, 5.41) is 23.6. The normalized spacial score (nSPS) is 16.9. The van der Waals surface area contributed by atoms with Gasteiger partial charge in [0.25, 0.3) is 0 Å². The summed E-state index contributed by atoms with van der Waals surface area (Å²) in [7, 11) is 0. The first-order valence-electron chi connectivity index (χ1n) is 12.0. The topological polar surface area (TPSA) is 168 Å². The molecule has 0 spiro atoms. The third-order valence-corrected chi connectivity index (χ3v) is 5.89. The number of carboxylic acid groups (broad SMARTS) is 2. The van der Waals surface area contributed by atoms with E-state index in [-0.39, 0.29) is 63.1 Å². The van der Waals surface area contributed by atoms with Crippen LogP contribution in [0.25, 0.3) is 0 Å². The van der Waals surface area contributed by atoms with Gasteiger partial charge in [-0.25, -0.2) is 4.79 Å². The van der Waals surface area contributed by atoms with Crippen molar-refractivity contribution in [1.29, 1.82) is 0 Å². The van der Waals surface area contributed by atoms with Crippen molar-refractivity contribution in [3.63, 3.8) is 0 Å². The molecule has 11 nitrogen and oxygen atoms in total. The van der Waals surface area contributed by atoms with Crippen LogP contribution in [0.2, 0.25) is 0 Å². The molecule has 2 rings (SSSR count). The van der Waals surface area contributed by atoms with Gasteiger partial charge < -0.3 is 30.3 Å². The van der Waals surface area contributed by atoms with E-state index in [9.17, 15) is 34.2 Å². The van der Waals surface area contributed by atoms with Crippen LogP contribution < -0.4 is 10.6 Å². The van der Waals surface area contributed by atoms with Crippen molar-refractivity contribution in [3.05, 3.63) is 0 Å². The molecule has 0 radical (unpaired) electrons. The lowest BCUT2D eigenvalue weighted by molar-refractivity contribution is -0.144. The molecule has 0 aromatic heterocycles. The Morgan fingerprint density at radius 3 is 2.12 bits per heavy atom. The Hall–Kier alpha value is -2.53. The molecule has 4 N–H and O–H groups in total. The molecule has 0 heterocycles.